The highest BCUT2D eigenvalue weighted by molar-refractivity contribution is 6.30. The number of rotatable bonds is 2. The van der Waals surface area contributed by atoms with E-state index in [-0.39, 0.29) is 5.69 Å². The molecule has 12 heavy (non-hydrogen) atoms. The predicted octanol–water partition coefficient (Wildman–Crippen LogP) is 2.89. The zero-order valence-corrected chi connectivity index (χ0v) is 6.91. The van der Waals surface area contributed by atoms with Crippen LogP contribution in [0.4, 0.5) is 5.69 Å². The first-order valence-electron chi connectivity index (χ1n) is 3.21. The number of hydrogen-bond donors (Lipinski definition) is 0. The first-order chi connectivity index (χ1) is 5.63. The molecule has 1 aromatic rings. The fourth-order valence-corrected chi connectivity index (χ4v) is 1.06. The molecule has 0 saturated carbocycles. The molecule has 1 rings (SSSR count). The summed E-state index contributed by atoms with van der Waals surface area (Å²) in [4.78, 5) is 9.85. The fourth-order valence-electron chi connectivity index (χ4n) is 0.820. The van der Waals surface area contributed by atoms with Crippen molar-refractivity contribution in [3.8, 4) is 0 Å². The van der Waals surface area contributed by atoms with Gasteiger partial charge in [0.05, 0.1) is 4.92 Å². The first-order valence-corrected chi connectivity index (χ1v) is 3.58. The number of non-ortho nitro benzene ring substituents is 1. The topological polar surface area (TPSA) is 43.1 Å². The maximum Gasteiger partial charge on any atom is 0.271 e. The zero-order chi connectivity index (χ0) is 9.14. The number of nitro benzene ring substituents is 1. The van der Waals surface area contributed by atoms with Crippen LogP contribution in [-0.2, 0) is 0 Å². The van der Waals surface area contributed by atoms with Gasteiger partial charge in [-0.3, -0.25) is 10.1 Å². The fraction of sp³-hybridized carbons (Fsp3) is 0. The standard InChI is InChI=1S/C8H6ClNO2/c1-2-6-3-7(9)5-8(4-6)10(11)12/h2-5H,1H2. The van der Waals surface area contributed by atoms with E-state index < -0.39 is 4.92 Å². The average molecular weight is 184 g/mol. The minimum absolute atomic E-state index is 0.0163. The summed E-state index contributed by atoms with van der Waals surface area (Å²) in [7, 11) is 0. The number of nitrogens with zero attached hydrogens (tertiary/aromatic N) is 1. The molecule has 0 heterocycles. The summed E-state index contributed by atoms with van der Waals surface area (Å²) in [5, 5.41) is 10.7. The second kappa shape index (κ2) is 3.36. The minimum Gasteiger partial charge on any atom is -0.258 e. The van der Waals surface area contributed by atoms with Crippen molar-refractivity contribution < 1.29 is 4.92 Å². The normalized spacial score (nSPS) is 9.42. The van der Waals surface area contributed by atoms with E-state index in [4.69, 9.17) is 11.6 Å². The lowest BCUT2D eigenvalue weighted by Crippen LogP contribution is -1.87. The van der Waals surface area contributed by atoms with Crippen LogP contribution in [0.1, 0.15) is 5.56 Å². The molecule has 0 aromatic heterocycles. The average Bonchev–Trinajstić information content (AvgIpc) is 2.03. The van der Waals surface area contributed by atoms with Crippen LogP contribution in [0.5, 0.6) is 0 Å². The summed E-state index contributed by atoms with van der Waals surface area (Å²) in [6.07, 6.45) is 1.51. The number of hydrogen-bond acceptors (Lipinski definition) is 2. The van der Waals surface area contributed by atoms with Crippen LogP contribution in [0.2, 0.25) is 5.02 Å². The summed E-state index contributed by atoms with van der Waals surface area (Å²) in [5.74, 6) is 0. The number of nitro groups is 1. The third kappa shape index (κ3) is 1.83. The highest BCUT2D eigenvalue weighted by atomic mass is 35.5. The van der Waals surface area contributed by atoms with Crippen LogP contribution in [-0.4, -0.2) is 4.92 Å². The SMILES string of the molecule is C=Cc1cc(Cl)cc([N+](=O)[O-])c1. The smallest absolute Gasteiger partial charge is 0.258 e. The Kier molecular flexibility index (Phi) is 2.45. The van der Waals surface area contributed by atoms with E-state index in [0.717, 1.165) is 0 Å². The summed E-state index contributed by atoms with van der Waals surface area (Å²) in [5.41, 5.74) is 0.631. The van der Waals surface area contributed by atoms with Crippen molar-refractivity contribution in [2.45, 2.75) is 0 Å². The third-order valence-corrected chi connectivity index (χ3v) is 1.57. The van der Waals surface area contributed by atoms with Crippen LogP contribution < -0.4 is 0 Å². The Hall–Kier alpha value is -1.35. The van der Waals surface area contributed by atoms with E-state index >= 15 is 0 Å². The summed E-state index contributed by atoms with van der Waals surface area (Å²) in [6.45, 7) is 3.49. The van der Waals surface area contributed by atoms with Crippen molar-refractivity contribution in [1.29, 1.82) is 0 Å². The van der Waals surface area contributed by atoms with E-state index in [0.29, 0.717) is 10.6 Å². The maximum absolute atomic E-state index is 10.3. The predicted molar refractivity (Wildman–Crippen MR) is 48.2 cm³/mol. The van der Waals surface area contributed by atoms with Gasteiger partial charge in [-0.15, -0.1) is 0 Å². The lowest BCUT2D eigenvalue weighted by molar-refractivity contribution is -0.384. The van der Waals surface area contributed by atoms with Gasteiger partial charge in [0.2, 0.25) is 0 Å². The van der Waals surface area contributed by atoms with Gasteiger partial charge in [0.1, 0.15) is 0 Å². The molecule has 0 spiro atoms. The second-order valence-corrected chi connectivity index (χ2v) is 2.64. The van der Waals surface area contributed by atoms with Gasteiger partial charge in [0, 0.05) is 17.2 Å². The van der Waals surface area contributed by atoms with E-state index in [9.17, 15) is 10.1 Å². The van der Waals surface area contributed by atoms with Crippen molar-refractivity contribution in [3.63, 3.8) is 0 Å². The molecular weight excluding hydrogens is 178 g/mol. The Labute approximate surface area is 74.4 Å². The molecule has 0 unspecified atom stereocenters. The summed E-state index contributed by atoms with van der Waals surface area (Å²) in [6, 6.07) is 4.33. The second-order valence-electron chi connectivity index (χ2n) is 2.20. The number of benzene rings is 1. The lowest BCUT2D eigenvalue weighted by atomic mass is 10.2. The van der Waals surface area contributed by atoms with Crippen LogP contribution in [0, 0.1) is 10.1 Å². The largest absolute Gasteiger partial charge is 0.271 e. The van der Waals surface area contributed by atoms with Crippen LogP contribution >= 0.6 is 11.6 Å². The Bertz CT molecular complexity index is 336. The molecule has 0 radical (unpaired) electrons. The molecule has 3 nitrogen and oxygen atoms in total. The zero-order valence-electron chi connectivity index (χ0n) is 6.16. The molecule has 0 fully saturated rings. The molecule has 0 amide bonds. The van der Waals surface area contributed by atoms with E-state index in [1.54, 1.807) is 6.07 Å². The quantitative estimate of drug-likeness (QED) is 0.523. The van der Waals surface area contributed by atoms with Gasteiger partial charge in [0.15, 0.2) is 0 Å². The monoisotopic (exact) mass is 183 g/mol. The van der Waals surface area contributed by atoms with Crippen LogP contribution in [0.15, 0.2) is 24.8 Å². The summed E-state index contributed by atoms with van der Waals surface area (Å²) >= 11 is 5.62. The molecule has 0 aliphatic rings. The first kappa shape index (κ1) is 8.74. The van der Waals surface area contributed by atoms with Crippen LogP contribution in [0.3, 0.4) is 0 Å². The van der Waals surface area contributed by atoms with Gasteiger partial charge in [0.25, 0.3) is 5.69 Å². The van der Waals surface area contributed by atoms with Crippen molar-refractivity contribution in [1.82, 2.24) is 0 Å². The van der Waals surface area contributed by atoms with E-state index in [2.05, 4.69) is 6.58 Å². The highest BCUT2D eigenvalue weighted by Crippen LogP contribution is 2.21. The Balaban J connectivity index is 3.23. The molecule has 62 valence electrons. The Morgan fingerprint density at radius 2 is 2.17 bits per heavy atom. The Morgan fingerprint density at radius 1 is 1.50 bits per heavy atom. The molecule has 1 aromatic carbocycles. The molecule has 0 aliphatic carbocycles. The van der Waals surface area contributed by atoms with Gasteiger partial charge >= 0.3 is 0 Å². The molecule has 0 N–H and O–H groups in total. The van der Waals surface area contributed by atoms with Crippen molar-refractivity contribution in [2.75, 3.05) is 0 Å². The molecule has 0 bridgehead atoms. The van der Waals surface area contributed by atoms with Gasteiger partial charge in [-0.2, -0.15) is 0 Å². The van der Waals surface area contributed by atoms with E-state index in [1.165, 1.54) is 18.2 Å². The van der Waals surface area contributed by atoms with Crippen molar-refractivity contribution >= 4 is 23.4 Å². The number of halogens is 1. The summed E-state index contributed by atoms with van der Waals surface area (Å²) < 4.78 is 0. The van der Waals surface area contributed by atoms with Gasteiger partial charge in [-0.1, -0.05) is 24.3 Å². The highest BCUT2D eigenvalue weighted by Gasteiger charge is 2.06. The molecule has 0 saturated heterocycles. The molecule has 4 heteroatoms. The Morgan fingerprint density at radius 3 is 2.67 bits per heavy atom. The third-order valence-electron chi connectivity index (χ3n) is 1.35. The minimum atomic E-state index is -0.487. The van der Waals surface area contributed by atoms with Crippen molar-refractivity contribution in [2.24, 2.45) is 0 Å². The van der Waals surface area contributed by atoms with E-state index in [1.807, 2.05) is 0 Å². The van der Waals surface area contributed by atoms with Gasteiger partial charge in [-0.25, -0.2) is 0 Å². The molecule has 0 atom stereocenters. The lowest BCUT2D eigenvalue weighted by Gasteiger charge is -1.95. The van der Waals surface area contributed by atoms with Crippen LogP contribution in [0.25, 0.3) is 6.08 Å². The maximum atomic E-state index is 10.3. The van der Waals surface area contributed by atoms with Crippen molar-refractivity contribution in [3.05, 3.63) is 45.5 Å². The molecule has 0 aliphatic heterocycles. The van der Waals surface area contributed by atoms with Gasteiger partial charge in [-0.05, 0) is 11.6 Å². The molecular formula is C8H6ClNO2. The van der Waals surface area contributed by atoms with Gasteiger partial charge < -0.3 is 0 Å².